The molecule has 4 heterocycles. The summed E-state index contributed by atoms with van der Waals surface area (Å²) in [6.07, 6.45) is 3.42. The highest BCUT2D eigenvalue weighted by Gasteiger charge is 2.24. The molecule has 4 unspecified atom stereocenters. The average molecular weight is 509 g/mol. The lowest BCUT2D eigenvalue weighted by molar-refractivity contribution is -0.139. The second kappa shape index (κ2) is 16.8. The van der Waals surface area contributed by atoms with E-state index < -0.39 is 0 Å². The predicted molar refractivity (Wildman–Crippen MR) is 132 cm³/mol. The average Bonchev–Trinajstić information content (AvgIpc) is 3.73. The van der Waals surface area contributed by atoms with Gasteiger partial charge in [-0.3, -0.25) is 0 Å². The molecule has 0 radical (unpaired) electrons. The molecule has 0 saturated carbocycles. The van der Waals surface area contributed by atoms with Gasteiger partial charge in [-0.2, -0.15) is 0 Å². The number of benzene rings is 1. The number of unbranched alkanes of at least 4 members (excludes halogenated alkanes) is 1. The standard InChI is InChI=1S/C10H18O4.C10H12O2.C7H10O3/c1(3-11-5-9-7-13-9)2-4-12-6-10-8-14-10;1-2-4-9(5-3-1)6-11-7-10-8-12-10;1-5(2)7(8)10-4-6-3-9-6/h9-10H,1-8H2;1-5,10H,6-8H2;6H,1,3-4H2,2H3. The maximum absolute atomic E-state index is 10.7. The lowest BCUT2D eigenvalue weighted by Crippen LogP contribution is -2.09. The van der Waals surface area contributed by atoms with E-state index in [1.807, 2.05) is 18.2 Å². The Morgan fingerprint density at radius 2 is 1.22 bits per heavy atom. The first kappa shape index (κ1) is 28.7. The number of rotatable bonds is 16. The summed E-state index contributed by atoms with van der Waals surface area (Å²) in [5.74, 6) is -0.337. The summed E-state index contributed by atoms with van der Waals surface area (Å²) >= 11 is 0. The fourth-order valence-corrected chi connectivity index (χ4v) is 2.67. The number of carbonyl (C=O) groups is 1. The Morgan fingerprint density at radius 1 is 0.778 bits per heavy atom. The van der Waals surface area contributed by atoms with Crippen molar-refractivity contribution in [3.8, 4) is 0 Å². The van der Waals surface area contributed by atoms with Gasteiger partial charge in [-0.25, -0.2) is 4.79 Å². The Bertz CT molecular complexity index is 723. The number of hydrogen-bond acceptors (Lipinski definition) is 9. The van der Waals surface area contributed by atoms with Crippen LogP contribution in [0.3, 0.4) is 0 Å². The van der Waals surface area contributed by atoms with E-state index in [0.29, 0.717) is 43.7 Å². The summed E-state index contributed by atoms with van der Waals surface area (Å²) in [6.45, 7) is 13.4. The van der Waals surface area contributed by atoms with E-state index in [9.17, 15) is 4.79 Å². The molecule has 4 aliphatic heterocycles. The van der Waals surface area contributed by atoms with Crippen molar-refractivity contribution >= 4 is 5.97 Å². The van der Waals surface area contributed by atoms with Gasteiger partial charge >= 0.3 is 5.97 Å². The van der Waals surface area contributed by atoms with E-state index in [1.54, 1.807) is 6.92 Å². The Hall–Kier alpha value is -1.85. The summed E-state index contributed by atoms with van der Waals surface area (Å²) in [6, 6.07) is 10.2. The predicted octanol–water partition coefficient (Wildman–Crippen LogP) is 2.70. The van der Waals surface area contributed by atoms with Crippen molar-refractivity contribution in [3.63, 3.8) is 0 Å². The summed E-state index contributed by atoms with van der Waals surface area (Å²) in [4.78, 5) is 10.7. The van der Waals surface area contributed by atoms with Crippen LogP contribution in [0.25, 0.3) is 0 Å². The van der Waals surface area contributed by atoms with Crippen LogP contribution in [-0.4, -0.2) is 96.5 Å². The molecule has 0 N–H and O–H groups in total. The molecular formula is C27H40O9. The molecule has 0 aromatic heterocycles. The third-order valence-electron chi connectivity index (χ3n) is 5.21. The summed E-state index contributed by atoms with van der Waals surface area (Å²) < 4.78 is 40.9. The van der Waals surface area contributed by atoms with Crippen LogP contribution in [0.2, 0.25) is 0 Å². The quantitative estimate of drug-likeness (QED) is 0.144. The van der Waals surface area contributed by atoms with E-state index in [0.717, 1.165) is 65.7 Å². The molecule has 36 heavy (non-hydrogen) atoms. The van der Waals surface area contributed by atoms with Crippen molar-refractivity contribution < 1.29 is 42.7 Å². The van der Waals surface area contributed by atoms with Crippen molar-refractivity contribution in [2.45, 2.75) is 50.8 Å². The second-order valence-electron chi connectivity index (χ2n) is 9.06. The van der Waals surface area contributed by atoms with Crippen molar-refractivity contribution in [2.75, 3.05) is 66.1 Å². The summed E-state index contributed by atoms with van der Waals surface area (Å²) in [5, 5.41) is 0. The van der Waals surface area contributed by atoms with Gasteiger partial charge in [0, 0.05) is 18.8 Å². The van der Waals surface area contributed by atoms with Crippen LogP contribution >= 0.6 is 0 Å². The monoisotopic (exact) mass is 508 g/mol. The molecular weight excluding hydrogens is 468 g/mol. The first-order valence-corrected chi connectivity index (χ1v) is 12.7. The van der Waals surface area contributed by atoms with Crippen LogP contribution in [0, 0.1) is 0 Å². The first-order valence-electron chi connectivity index (χ1n) is 12.7. The summed E-state index contributed by atoms with van der Waals surface area (Å²) in [7, 11) is 0. The number of epoxide rings is 4. The SMILES string of the molecule is C(CCOCC1CO1)COCC1CO1.C=C(C)C(=O)OCC1CO1.c1ccc(COCC2CO2)cc1. The van der Waals surface area contributed by atoms with Crippen LogP contribution in [0.1, 0.15) is 25.3 Å². The van der Waals surface area contributed by atoms with Crippen LogP contribution < -0.4 is 0 Å². The van der Waals surface area contributed by atoms with Crippen LogP contribution in [-0.2, 0) is 49.3 Å². The second-order valence-corrected chi connectivity index (χ2v) is 9.06. The molecule has 0 amide bonds. The van der Waals surface area contributed by atoms with Gasteiger partial charge in [0.1, 0.15) is 31.0 Å². The Morgan fingerprint density at radius 3 is 1.67 bits per heavy atom. The largest absolute Gasteiger partial charge is 0.459 e. The van der Waals surface area contributed by atoms with Gasteiger partial charge in [0.05, 0.1) is 52.9 Å². The van der Waals surface area contributed by atoms with E-state index >= 15 is 0 Å². The normalized spacial score (nSPS) is 24.4. The highest BCUT2D eigenvalue weighted by Crippen LogP contribution is 2.11. The Labute approximate surface area is 213 Å². The van der Waals surface area contributed by atoms with E-state index in [1.165, 1.54) is 5.56 Å². The highest BCUT2D eigenvalue weighted by molar-refractivity contribution is 5.86. The Kier molecular flexibility index (Phi) is 13.4. The van der Waals surface area contributed by atoms with Gasteiger partial charge in [-0.05, 0) is 25.3 Å². The number of carbonyl (C=O) groups excluding carboxylic acids is 1. The molecule has 0 spiro atoms. The van der Waals surface area contributed by atoms with Crippen molar-refractivity contribution in [1.29, 1.82) is 0 Å². The molecule has 4 atom stereocenters. The van der Waals surface area contributed by atoms with Crippen molar-refractivity contribution in [2.24, 2.45) is 0 Å². The molecule has 202 valence electrons. The summed E-state index contributed by atoms with van der Waals surface area (Å²) in [5.41, 5.74) is 1.65. The maximum atomic E-state index is 10.7. The minimum Gasteiger partial charge on any atom is -0.459 e. The molecule has 4 fully saturated rings. The minimum absolute atomic E-state index is 0.142. The molecule has 1 aromatic carbocycles. The third kappa shape index (κ3) is 16.0. The zero-order chi connectivity index (χ0) is 25.4. The van der Waals surface area contributed by atoms with E-state index in [2.05, 4.69) is 18.7 Å². The van der Waals surface area contributed by atoms with Crippen LogP contribution in [0.4, 0.5) is 0 Å². The number of ether oxygens (including phenoxy) is 8. The smallest absolute Gasteiger partial charge is 0.333 e. The van der Waals surface area contributed by atoms with Gasteiger partial charge in [0.2, 0.25) is 0 Å². The Balaban J connectivity index is 0.000000153. The molecule has 1 aromatic rings. The first-order chi connectivity index (χ1) is 17.6. The fraction of sp³-hybridized carbons (Fsp3) is 0.667. The van der Waals surface area contributed by atoms with Crippen LogP contribution in [0.15, 0.2) is 42.5 Å². The van der Waals surface area contributed by atoms with Gasteiger partial charge in [0.15, 0.2) is 0 Å². The highest BCUT2D eigenvalue weighted by atomic mass is 16.6. The molecule has 9 heteroatoms. The lowest BCUT2D eigenvalue weighted by atomic mass is 10.2. The number of hydrogen-bond donors (Lipinski definition) is 0. The molecule has 0 aliphatic carbocycles. The van der Waals surface area contributed by atoms with E-state index in [-0.39, 0.29) is 12.1 Å². The number of esters is 1. The molecule has 9 nitrogen and oxygen atoms in total. The third-order valence-corrected chi connectivity index (χ3v) is 5.21. The van der Waals surface area contributed by atoms with Crippen molar-refractivity contribution in [1.82, 2.24) is 0 Å². The van der Waals surface area contributed by atoms with Crippen LogP contribution in [0.5, 0.6) is 0 Å². The van der Waals surface area contributed by atoms with E-state index in [4.69, 9.17) is 37.9 Å². The minimum atomic E-state index is -0.337. The van der Waals surface area contributed by atoms with Gasteiger partial charge in [0.25, 0.3) is 0 Å². The topological polar surface area (TPSA) is 104 Å². The molecule has 4 saturated heterocycles. The zero-order valence-electron chi connectivity index (χ0n) is 21.3. The van der Waals surface area contributed by atoms with Crippen molar-refractivity contribution in [3.05, 3.63) is 48.0 Å². The zero-order valence-corrected chi connectivity index (χ0v) is 21.3. The lowest BCUT2D eigenvalue weighted by Gasteiger charge is -2.03. The van der Waals surface area contributed by atoms with Gasteiger partial charge < -0.3 is 37.9 Å². The molecule has 5 rings (SSSR count). The molecule has 0 bridgehead atoms. The van der Waals surface area contributed by atoms with Gasteiger partial charge in [-0.15, -0.1) is 0 Å². The fourth-order valence-electron chi connectivity index (χ4n) is 2.67. The maximum Gasteiger partial charge on any atom is 0.333 e. The molecule has 4 aliphatic rings. The van der Waals surface area contributed by atoms with Gasteiger partial charge in [-0.1, -0.05) is 36.9 Å².